The van der Waals surface area contributed by atoms with E-state index in [0.717, 1.165) is 6.42 Å². The van der Waals surface area contributed by atoms with E-state index in [0.29, 0.717) is 9.13 Å². The lowest BCUT2D eigenvalue weighted by Gasteiger charge is -2.16. The van der Waals surface area contributed by atoms with E-state index < -0.39 is 0 Å². The number of carbonyl (C=O) groups is 1. The number of rotatable bonds is 4. The topological polar surface area (TPSA) is 29.1 Å². The molecule has 1 atom stereocenters. The van der Waals surface area contributed by atoms with Gasteiger partial charge >= 0.3 is 0 Å². The molecular weight excluding hydrogens is 392 g/mol. The zero-order valence-corrected chi connectivity index (χ0v) is 15.1. The number of amides is 1. The largest absolute Gasteiger partial charge is 0.349 e. The van der Waals surface area contributed by atoms with Crippen LogP contribution in [0.15, 0.2) is 36.4 Å². The van der Waals surface area contributed by atoms with E-state index in [4.69, 9.17) is 0 Å². The molecule has 0 saturated carbocycles. The summed E-state index contributed by atoms with van der Waals surface area (Å²) in [5.41, 5.74) is 4.21. The second-order valence-corrected chi connectivity index (χ2v) is 6.79. The van der Waals surface area contributed by atoms with Crippen LogP contribution in [0.5, 0.6) is 0 Å². The molecule has 0 heterocycles. The predicted molar refractivity (Wildman–Crippen MR) is 95.7 cm³/mol. The standard InChI is InChI=1S/C18H19FINO/c1-11-4-5-14(12(2)8-11)9-13(3)21-18(22)16-7-6-15(19)10-17(16)20/h4-8,10,13H,9H2,1-3H3,(H,21,22). The number of nitrogens with one attached hydrogen (secondary N) is 1. The van der Waals surface area contributed by atoms with Crippen molar-refractivity contribution in [3.8, 4) is 0 Å². The van der Waals surface area contributed by atoms with Crippen LogP contribution < -0.4 is 5.32 Å². The first-order valence-electron chi connectivity index (χ1n) is 7.19. The van der Waals surface area contributed by atoms with Gasteiger partial charge < -0.3 is 5.32 Å². The number of carbonyl (C=O) groups excluding carboxylic acids is 1. The average molecular weight is 411 g/mol. The van der Waals surface area contributed by atoms with Gasteiger partial charge in [-0.2, -0.15) is 0 Å². The summed E-state index contributed by atoms with van der Waals surface area (Å²) >= 11 is 1.98. The molecule has 0 aliphatic rings. The van der Waals surface area contributed by atoms with Crippen LogP contribution in [0.4, 0.5) is 4.39 Å². The molecule has 2 aromatic carbocycles. The van der Waals surface area contributed by atoms with Gasteiger partial charge in [0.1, 0.15) is 5.82 Å². The Balaban J connectivity index is 2.05. The van der Waals surface area contributed by atoms with E-state index in [1.54, 1.807) is 0 Å². The maximum absolute atomic E-state index is 13.1. The molecule has 2 aromatic rings. The highest BCUT2D eigenvalue weighted by Crippen LogP contribution is 2.15. The lowest BCUT2D eigenvalue weighted by molar-refractivity contribution is 0.0939. The summed E-state index contributed by atoms with van der Waals surface area (Å²) in [6.45, 7) is 6.13. The first kappa shape index (κ1) is 16.9. The molecule has 1 N–H and O–H groups in total. The van der Waals surface area contributed by atoms with Gasteiger partial charge in [-0.15, -0.1) is 0 Å². The zero-order valence-electron chi connectivity index (χ0n) is 12.9. The Kier molecular flexibility index (Phi) is 5.56. The van der Waals surface area contributed by atoms with Crippen molar-refractivity contribution in [1.82, 2.24) is 5.32 Å². The quantitative estimate of drug-likeness (QED) is 0.743. The van der Waals surface area contributed by atoms with Gasteiger partial charge in [-0.05, 0) is 79.1 Å². The maximum Gasteiger partial charge on any atom is 0.252 e. The van der Waals surface area contributed by atoms with Crippen molar-refractivity contribution >= 4 is 28.5 Å². The molecule has 1 amide bonds. The molecule has 22 heavy (non-hydrogen) atoms. The molecule has 0 fully saturated rings. The van der Waals surface area contributed by atoms with Gasteiger partial charge in [0.15, 0.2) is 0 Å². The van der Waals surface area contributed by atoms with E-state index in [1.807, 2.05) is 29.5 Å². The molecule has 0 aromatic heterocycles. The summed E-state index contributed by atoms with van der Waals surface area (Å²) < 4.78 is 13.7. The Morgan fingerprint density at radius 2 is 1.95 bits per heavy atom. The lowest BCUT2D eigenvalue weighted by atomic mass is 10.00. The third-order valence-corrected chi connectivity index (χ3v) is 4.47. The Morgan fingerprint density at radius 1 is 1.23 bits per heavy atom. The molecule has 0 saturated heterocycles. The van der Waals surface area contributed by atoms with E-state index in [1.165, 1.54) is 34.9 Å². The van der Waals surface area contributed by atoms with E-state index in [2.05, 4.69) is 37.4 Å². The summed E-state index contributed by atoms with van der Waals surface area (Å²) in [7, 11) is 0. The van der Waals surface area contributed by atoms with Gasteiger partial charge in [0, 0.05) is 9.61 Å². The Hall–Kier alpha value is -1.43. The van der Waals surface area contributed by atoms with Crippen LogP contribution in [0.2, 0.25) is 0 Å². The first-order valence-corrected chi connectivity index (χ1v) is 8.26. The Morgan fingerprint density at radius 3 is 2.59 bits per heavy atom. The van der Waals surface area contributed by atoms with Crippen molar-refractivity contribution in [3.05, 3.63) is 68.0 Å². The van der Waals surface area contributed by atoms with Crippen LogP contribution in [-0.2, 0) is 6.42 Å². The number of hydrogen-bond acceptors (Lipinski definition) is 1. The second-order valence-electron chi connectivity index (χ2n) is 5.63. The minimum absolute atomic E-state index is 0.00904. The molecule has 2 rings (SSSR count). The fourth-order valence-corrected chi connectivity index (χ4v) is 3.15. The molecule has 0 aliphatic heterocycles. The predicted octanol–water partition coefficient (Wildman–Crippen LogP) is 4.41. The normalized spacial score (nSPS) is 12.0. The van der Waals surface area contributed by atoms with Crippen molar-refractivity contribution < 1.29 is 9.18 Å². The van der Waals surface area contributed by atoms with Crippen molar-refractivity contribution in [1.29, 1.82) is 0 Å². The van der Waals surface area contributed by atoms with E-state index in [-0.39, 0.29) is 17.8 Å². The van der Waals surface area contributed by atoms with Gasteiger partial charge in [-0.3, -0.25) is 4.79 Å². The Bertz CT molecular complexity index is 699. The molecule has 0 radical (unpaired) electrons. The molecule has 1 unspecified atom stereocenters. The summed E-state index contributed by atoms with van der Waals surface area (Å²) in [6.07, 6.45) is 0.773. The van der Waals surface area contributed by atoms with Gasteiger partial charge in [0.2, 0.25) is 0 Å². The van der Waals surface area contributed by atoms with Crippen LogP contribution in [0, 0.1) is 23.2 Å². The summed E-state index contributed by atoms with van der Waals surface area (Å²) in [4.78, 5) is 12.3. The fourth-order valence-electron chi connectivity index (χ4n) is 2.43. The molecule has 116 valence electrons. The van der Waals surface area contributed by atoms with Crippen molar-refractivity contribution in [2.75, 3.05) is 0 Å². The van der Waals surface area contributed by atoms with Crippen molar-refractivity contribution in [2.24, 2.45) is 0 Å². The average Bonchev–Trinajstić information content (AvgIpc) is 2.41. The third-order valence-electron chi connectivity index (χ3n) is 3.58. The second kappa shape index (κ2) is 7.22. The van der Waals surface area contributed by atoms with Crippen molar-refractivity contribution in [2.45, 2.75) is 33.2 Å². The van der Waals surface area contributed by atoms with E-state index in [9.17, 15) is 9.18 Å². The zero-order chi connectivity index (χ0) is 16.3. The van der Waals surface area contributed by atoms with Crippen LogP contribution in [0.25, 0.3) is 0 Å². The van der Waals surface area contributed by atoms with Crippen LogP contribution in [0.1, 0.15) is 34.0 Å². The molecule has 0 spiro atoms. The summed E-state index contributed by atoms with van der Waals surface area (Å²) in [5, 5.41) is 2.98. The lowest BCUT2D eigenvalue weighted by Crippen LogP contribution is -2.34. The maximum atomic E-state index is 13.1. The summed E-state index contributed by atoms with van der Waals surface area (Å²) in [5.74, 6) is -0.494. The number of hydrogen-bond donors (Lipinski definition) is 1. The van der Waals surface area contributed by atoms with Crippen LogP contribution in [-0.4, -0.2) is 11.9 Å². The molecule has 0 aliphatic carbocycles. The third kappa shape index (κ3) is 4.29. The minimum Gasteiger partial charge on any atom is -0.349 e. The highest BCUT2D eigenvalue weighted by molar-refractivity contribution is 14.1. The molecule has 4 heteroatoms. The number of aryl methyl sites for hydroxylation is 2. The van der Waals surface area contributed by atoms with Crippen LogP contribution >= 0.6 is 22.6 Å². The highest BCUT2D eigenvalue weighted by atomic mass is 127. The number of benzene rings is 2. The van der Waals surface area contributed by atoms with Gasteiger partial charge in [0.25, 0.3) is 5.91 Å². The van der Waals surface area contributed by atoms with Gasteiger partial charge in [-0.1, -0.05) is 23.8 Å². The number of halogens is 2. The highest BCUT2D eigenvalue weighted by Gasteiger charge is 2.14. The monoisotopic (exact) mass is 411 g/mol. The Labute approximate surface area is 144 Å². The molecule has 2 nitrogen and oxygen atoms in total. The molecular formula is C18H19FINO. The summed E-state index contributed by atoms with van der Waals surface area (Å²) in [6, 6.07) is 10.5. The minimum atomic E-state index is -0.329. The van der Waals surface area contributed by atoms with Crippen molar-refractivity contribution in [3.63, 3.8) is 0 Å². The van der Waals surface area contributed by atoms with Gasteiger partial charge in [-0.25, -0.2) is 4.39 Å². The smallest absolute Gasteiger partial charge is 0.252 e. The van der Waals surface area contributed by atoms with E-state index >= 15 is 0 Å². The fraction of sp³-hybridized carbons (Fsp3) is 0.278. The molecule has 0 bridgehead atoms. The first-order chi connectivity index (χ1) is 10.4. The van der Waals surface area contributed by atoms with Crippen LogP contribution in [0.3, 0.4) is 0 Å². The SMILES string of the molecule is Cc1ccc(CC(C)NC(=O)c2ccc(F)cc2I)c(C)c1. The van der Waals surface area contributed by atoms with Gasteiger partial charge in [0.05, 0.1) is 5.56 Å².